The van der Waals surface area contributed by atoms with E-state index >= 15 is 4.39 Å². The Morgan fingerprint density at radius 1 is 1.07 bits per heavy atom. The van der Waals surface area contributed by atoms with Crippen molar-refractivity contribution in [1.29, 1.82) is 0 Å². The highest BCUT2D eigenvalue weighted by atomic mass is 35.5. The Bertz CT molecular complexity index is 1430. The number of hydrogen-bond donors (Lipinski definition) is 0. The molecule has 4 rings (SSSR count). The highest BCUT2D eigenvalue weighted by Gasteiger charge is 2.34. The van der Waals surface area contributed by atoms with E-state index in [0.29, 0.717) is 22.7 Å². The van der Waals surface area contributed by atoms with Crippen LogP contribution in [0.25, 0.3) is 11.8 Å². The molecule has 0 aromatic heterocycles. The van der Waals surface area contributed by atoms with Crippen molar-refractivity contribution in [3.05, 3.63) is 143 Å². The van der Waals surface area contributed by atoms with E-state index in [-0.39, 0.29) is 17.7 Å². The lowest BCUT2D eigenvalue weighted by Gasteiger charge is -2.34. The van der Waals surface area contributed by atoms with Gasteiger partial charge in [-0.05, 0) is 84.3 Å². The molecule has 5 heteroatoms. The minimum Gasteiger partial charge on any atom is -0.380 e. The van der Waals surface area contributed by atoms with E-state index < -0.39 is 5.41 Å². The van der Waals surface area contributed by atoms with E-state index in [1.165, 1.54) is 12.1 Å². The van der Waals surface area contributed by atoms with Crippen molar-refractivity contribution >= 4 is 23.4 Å². The van der Waals surface area contributed by atoms with Crippen LogP contribution >= 0.6 is 11.6 Å². The number of nitrogens with zero attached hydrogens (tertiary/aromatic N) is 2. The fraction of sp³-hybridized carbons (Fsp3) is 0.278. The van der Waals surface area contributed by atoms with E-state index in [0.717, 1.165) is 52.9 Å². The molecule has 0 bridgehead atoms. The Kier molecular flexibility index (Phi) is 10.4. The van der Waals surface area contributed by atoms with Gasteiger partial charge in [-0.2, -0.15) is 0 Å². The first-order valence-electron chi connectivity index (χ1n) is 13.8. The van der Waals surface area contributed by atoms with E-state index in [2.05, 4.69) is 44.7 Å². The first kappa shape index (κ1) is 31.9. The van der Waals surface area contributed by atoms with Crippen molar-refractivity contribution in [3.63, 3.8) is 0 Å². The predicted octanol–water partition coefficient (Wildman–Crippen LogP) is 9.43. The van der Waals surface area contributed by atoms with Gasteiger partial charge in [0.05, 0.1) is 6.04 Å². The normalized spacial score (nSPS) is 15.9. The molecule has 0 amide bonds. The Labute approximate surface area is 250 Å². The average Bonchev–Trinajstić information content (AvgIpc) is 3.43. The molecule has 3 aromatic carbocycles. The van der Waals surface area contributed by atoms with Crippen LogP contribution in [0.3, 0.4) is 0 Å². The molecule has 41 heavy (non-hydrogen) atoms. The van der Waals surface area contributed by atoms with Crippen LogP contribution in [0.4, 0.5) is 8.78 Å². The maximum absolute atomic E-state index is 15.9. The molecule has 0 saturated carbocycles. The Balaban J connectivity index is 0.00000226. The van der Waals surface area contributed by atoms with Crippen LogP contribution in [0.1, 0.15) is 53.1 Å². The zero-order valence-corrected chi connectivity index (χ0v) is 25.5. The second-order valence-electron chi connectivity index (χ2n) is 10.9. The van der Waals surface area contributed by atoms with Gasteiger partial charge in [-0.25, -0.2) is 8.78 Å². The zero-order chi connectivity index (χ0) is 30.5. The molecular formula is C36H41ClF2N2. The lowest BCUT2D eigenvalue weighted by molar-refractivity contribution is 0.342. The molecule has 0 radical (unpaired) electrons. The third kappa shape index (κ3) is 6.65. The smallest absolute Gasteiger partial charge is 0.132 e. The molecule has 1 heterocycles. The number of rotatable bonds is 9. The van der Waals surface area contributed by atoms with Crippen LogP contribution in [0.15, 0.2) is 93.2 Å². The van der Waals surface area contributed by atoms with Crippen LogP contribution in [0, 0.1) is 18.6 Å². The van der Waals surface area contributed by atoms with Crippen molar-refractivity contribution in [2.75, 3.05) is 20.6 Å². The number of hydrogen-bond acceptors (Lipinski definition) is 2. The van der Waals surface area contributed by atoms with Crippen molar-refractivity contribution in [1.82, 2.24) is 9.80 Å². The summed E-state index contributed by atoms with van der Waals surface area (Å²) < 4.78 is 29.8. The van der Waals surface area contributed by atoms with Gasteiger partial charge in [0.1, 0.15) is 11.6 Å². The molecule has 1 saturated heterocycles. The lowest BCUT2D eigenvalue weighted by Crippen LogP contribution is -2.34. The molecule has 1 fully saturated rings. The molecular weight excluding hydrogens is 534 g/mol. The summed E-state index contributed by atoms with van der Waals surface area (Å²) in [6, 6.07) is 15.9. The summed E-state index contributed by atoms with van der Waals surface area (Å²) in [6.45, 7) is 23.4. The molecule has 1 aliphatic heterocycles. The standard InChI is InChI=1S/C34H37ClF2N2.C2H4/c1-8-25-19-29(23(3)39-17-9-10-33(39)24(4)38(6)7)32(37)20-26(25)21-34(5,27-12-14-28(36)15-13-27)30-16-11-22(2)18-31(30)35;1-2/h8,11-16,18-20,33H,1,3-4,9-10,17,21H2,2,5-7H3;1-2H2. The fourth-order valence-electron chi connectivity index (χ4n) is 5.70. The second-order valence-corrected chi connectivity index (χ2v) is 11.3. The molecule has 0 spiro atoms. The highest BCUT2D eigenvalue weighted by molar-refractivity contribution is 6.31. The summed E-state index contributed by atoms with van der Waals surface area (Å²) in [7, 11) is 3.95. The van der Waals surface area contributed by atoms with Crippen molar-refractivity contribution in [2.24, 2.45) is 0 Å². The van der Waals surface area contributed by atoms with E-state index in [9.17, 15) is 4.39 Å². The summed E-state index contributed by atoms with van der Waals surface area (Å²) in [5.74, 6) is -0.646. The van der Waals surface area contributed by atoms with E-state index in [1.54, 1.807) is 24.3 Å². The van der Waals surface area contributed by atoms with Crippen molar-refractivity contribution < 1.29 is 8.78 Å². The molecule has 0 aliphatic carbocycles. The van der Waals surface area contributed by atoms with Crippen LogP contribution in [-0.2, 0) is 11.8 Å². The number of halogens is 3. The van der Waals surface area contributed by atoms with Gasteiger partial charge in [-0.1, -0.05) is 68.6 Å². The number of likely N-dealkylation sites (tertiary alicyclic amines) is 1. The van der Waals surface area contributed by atoms with Gasteiger partial charge in [-0.15, -0.1) is 13.2 Å². The van der Waals surface area contributed by atoms with Crippen LogP contribution in [0.2, 0.25) is 5.02 Å². The van der Waals surface area contributed by atoms with Crippen LogP contribution < -0.4 is 0 Å². The summed E-state index contributed by atoms with van der Waals surface area (Å²) in [4.78, 5) is 4.17. The van der Waals surface area contributed by atoms with Crippen molar-refractivity contribution in [3.8, 4) is 0 Å². The maximum atomic E-state index is 15.9. The summed E-state index contributed by atoms with van der Waals surface area (Å²) in [5.41, 5.74) is 5.89. The topological polar surface area (TPSA) is 6.48 Å². The van der Waals surface area contributed by atoms with E-state index in [4.69, 9.17) is 11.6 Å². The van der Waals surface area contributed by atoms with Gasteiger partial charge in [0.25, 0.3) is 0 Å². The van der Waals surface area contributed by atoms with Crippen LogP contribution in [-0.4, -0.2) is 36.5 Å². The largest absolute Gasteiger partial charge is 0.380 e. The SMILES string of the molecule is C=C.C=Cc1cc(C(=C)N2CCCC2C(=C)N(C)C)c(F)cc1CC(C)(c1ccc(F)cc1)c1ccc(C)cc1Cl. The minimum atomic E-state index is -0.648. The summed E-state index contributed by atoms with van der Waals surface area (Å²) in [5, 5.41) is 0.619. The minimum absolute atomic E-state index is 0.0872. The number of benzene rings is 3. The quantitative estimate of drug-likeness (QED) is 0.235. The summed E-state index contributed by atoms with van der Waals surface area (Å²) >= 11 is 6.77. The Hall–Kier alpha value is -3.63. The average molecular weight is 575 g/mol. The van der Waals surface area contributed by atoms with Gasteiger partial charge >= 0.3 is 0 Å². The van der Waals surface area contributed by atoms with Crippen LogP contribution in [0.5, 0.6) is 0 Å². The molecule has 2 atom stereocenters. The second kappa shape index (κ2) is 13.4. The monoisotopic (exact) mass is 574 g/mol. The molecule has 3 aromatic rings. The number of likely N-dealkylation sites (N-methyl/N-ethyl adjacent to an activating group) is 1. The molecule has 1 aliphatic rings. The van der Waals surface area contributed by atoms with Gasteiger partial charge in [0, 0.05) is 48.0 Å². The van der Waals surface area contributed by atoms with Gasteiger partial charge in [0.2, 0.25) is 0 Å². The van der Waals surface area contributed by atoms with Gasteiger partial charge < -0.3 is 9.80 Å². The van der Waals surface area contributed by atoms with E-state index in [1.807, 2.05) is 50.2 Å². The molecule has 2 unspecified atom stereocenters. The first-order valence-corrected chi connectivity index (χ1v) is 14.1. The highest BCUT2D eigenvalue weighted by Crippen LogP contribution is 2.41. The van der Waals surface area contributed by atoms with Crippen molar-refractivity contribution in [2.45, 2.75) is 44.6 Å². The fourth-order valence-corrected chi connectivity index (χ4v) is 6.15. The molecule has 216 valence electrons. The van der Waals surface area contributed by atoms with Gasteiger partial charge in [0.15, 0.2) is 0 Å². The Morgan fingerprint density at radius 3 is 2.32 bits per heavy atom. The molecule has 2 nitrogen and oxygen atoms in total. The third-order valence-corrected chi connectivity index (χ3v) is 8.38. The zero-order valence-electron chi connectivity index (χ0n) is 24.7. The maximum Gasteiger partial charge on any atom is 0.132 e. The number of aryl methyl sites for hydroxylation is 1. The Morgan fingerprint density at radius 2 is 1.73 bits per heavy atom. The first-order chi connectivity index (χ1) is 19.5. The third-order valence-electron chi connectivity index (χ3n) is 8.06. The van der Waals surface area contributed by atoms with Gasteiger partial charge in [-0.3, -0.25) is 0 Å². The summed E-state index contributed by atoms with van der Waals surface area (Å²) in [6.07, 6.45) is 4.15. The predicted molar refractivity (Wildman–Crippen MR) is 172 cm³/mol. The lowest BCUT2D eigenvalue weighted by atomic mass is 9.71. The molecule has 0 N–H and O–H groups in total.